The van der Waals surface area contributed by atoms with E-state index in [0.717, 1.165) is 22.6 Å². The van der Waals surface area contributed by atoms with Crippen molar-refractivity contribution in [2.24, 2.45) is 15.8 Å². The van der Waals surface area contributed by atoms with Gasteiger partial charge >= 0.3 is 0 Å². The summed E-state index contributed by atoms with van der Waals surface area (Å²) in [5.41, 5.74) is 1.36. The highest BCUT2D eigenvalue weighted by atomic mass is 16.5. The van der Waals surface area contributed by atoms with Crippen molar-refractivity contribution in [2.45, 2.75) is 12.8 Å². The monoisotopic (exact) mass is 342 g/mol. The van der Waals surface area contributed by atoms with E-state index in [1.807, 2.05) is 48.5 Å². The molecule has 0 N–H and O–H groups in total. The molecular formula is C19H22N2O4. The van der Waals surface area contributed by atoms with E-state index in [2.05, 4.69) is 10.4 Å². The minimum absolute atomic E-state index is 0.0246. The van der Waals surface area contributed by atoms with Crippen LogP contribution in [0.2, 0.25) is 0 Å². The molecule has 0 saturated heterocycles. The second kappa shape index (κ2) is 8.92. The zero-order valence-corrected chi connectivity index (χ0v) is 14.5. The summed E-state index contributed by atoms with van der Waals surface area (Å²) in [5, 5.41) is 6.18. The lowest BCUT2D eigenvalue weighted by molar-refractivity contribution is 0.304. The van der Waals surface area contributed by atoms with Crippen LogP contribution in [0.5, 0.6) is 11.5 Å². The molecule has 0 radical (unpaired) electrons. The van der Waals surface area contributed by atoms with Gasteiger partial charge in [0.2, 0.25) is 0 Å². The molecule has 0 unspecified atom stereocenters. The number of nitrogens with zero attached hydrogens (tertiary/aromatic N) is 2. The fraction of sp³-hybridized carbons (Fsp3) is 0.368. The molecule has 0 amide bonds. The molecule has 0 aliphatic carbocycles. The lowest BCUT2D eigenvalue weighted by Gasteiger charge is -2.29. The van der Waals surface area contributed by atoms with Crippen molar-refractivity contribution in [3.63, 3.8) is 0 Å². The number of hydrogen-bond acceptors (Lipinski definition) is 6. The Morgan fingerprint density at radius 2 is 1.08 bits per heavy atom. The Labute approximate surface area is 147 Å². The summed E-state index contributed by atoms with van der Waals surface area (Å²) in [6.45, 7) is 0.0492. The van der Waals surface area contributed by atoms with Gasteiger partial charge in [-0.2, -0.15) is 9.81 Å². The smallest absolute Gasteiger partial charge is 0.118 e. The number of hydrogen-bond donors (Lipinski definition) is 0. The Morgan fingerprint density at radius 3 is 1.36 bits per heavy atom. The molecule has 2 aromatic rings. The highest BCUT2D eigenvalue weighted by Gasteiger charge is 2.32. The largest absolute Gasteiger partial charge is 0.497 e. The maximum atomic E-state index is 11.0. The van der Waals surface area contributed by atoms with Crippen LogP contribution in [0.4, 0.5) is 0 Å². The normalized spacial score (nSPS) is 11.0. The summed E-state index contributed by atoms with van der Waals surface area (Å²) in [6, 6.07) is 15.1. The molecular weight excluding hydrogens is 320 g/mol. The second-order valence-corrected chi connectivity index (χ2v) is 6.12. The van der Waals surface area contributed by atoms with Crippen LogP contribution in [0.3, 0.4) is 0 Å². The van der Waals surface area contributed by atoms with Crippen LogP contribution in [0, 0.1) is 15.2 Å². The first kappa shape index (κ1) is 18.6. The summed E-state index contributed by atoms with van der Waals surface area (Å²) in [7, 11) is 3.21. The van der Waals surface area contributed by atoms with Crippen molar-refractivity contribution in [3.8, 4) is 11.5 Å². The lowest BCUT2D eigenvalue weighted by atomic mass is 9.76. The Kier molecular flexibility index (Phi) is 6.62. The third kappa shape index (κ3) is 5.11. The number of rotatable bonds is 10. The van der Waals surface area contributed by atoms with E-state index < -0.39 is 5.41 Å². The van der Waals surface area contributed by atoms with Crippen LogP contribution in [0.15, 0.2) is 58.9 Å². The Hall–Kier alpha value is -2.76. The summed E-state index contributed by atoms with van der Waals surface area (Å²) >= 11 is 0. The van der Waals surface area contributed by atoms with Crippen molar-refractivity contribution in [1.29, 1.82) is 0 Å². The SMILES string of the molecule is COc1ccc(CC(CN=O)(CN=O)Cc2ccc(OC)cc2)cc1. The molecule has 132 valence electrons. The van der Waals surface area contributed by atoms with Gasteiger partial charge < -0.3 is 9.47 Å². The summed E-state index contributed by atoms with van der Waals surface area (Å²) in [5.74, 6) is 1.51. The quantitative estimate of drug-likeness (QED) is 0.611. The average Bonchev–Trinajstić information content (AvgIpc) is 2.63. The molecule has 0 aromatic heterocycles. The maximum Gasteiger partial charge on any atom is 0.118 e. The molecule has 0 spiro atoms. The first-order valence-corrected chi connectivity index (χ1v) is 7.99. The minimum Gasteiger partial charge on any atom is -0.497 e. The molecule has 0 aliphatic rings. The Morgan fingerprint density at radius 1 is 0.720 bits per heavy atom. The third-order valence-corrected chi connectivity index (χ3v) is 4.28. The van der Waals surface area contributed by atoms with Gasteiger partial charge in [-0.1, -0.05) is 34.6 Å². The second-order valence-electron chi connectivity index (χ2n) is 6.12. The molecule has 0 heterocycles. The third-order valence-electron chi connectivity index (χ3n) is 4.28. The molecule has 0 saturated carbocycles. The predicted octanol–water partition coefficient (Wildman–Crippen LogP) is 4.01. The van der Waals surface area contributed by atoms with Crippen LogP contribution in [-0.2, 0) is 12.8 Å². The van der Waals surface area contributed by atoms with Gasteiger partial charge in [0.25, 0.3) is 0 Å². The van der Waals surface area contributed by atoms with Crippen LogP contribution >= 0.6 is 0 Å². The van der Waals surface area contributed by atoms with Crippen molar-refractivity contribution in [2.75, 3.05) is 27.3 Å². The van der Waals surface area contributed by atoms with Crippen molar-refractivity contribution < 1.29 is 9.47 Å². The van der Waals surface area contributed by atoms with Gasteiger partial charge in [-0.25, -0.2) is 0 Å². The van der Waals surface area contributed by atoms with Crippen LogP contribution < -0.4 is 9.47 Å². The number of methoxy groups -OCH3 is 2. The molecule has 0 fully saturated rings. The average molecular weight is 342 g/mol. The Bertz CT molecular complexity index is 622. The van der Waals surface area contributed by atoms with Gasteiger partial charge in [0.05, 0.1) is 27.3 Å². The summed E-state index contributed by atoms with van der Waals surface area (Å²) < 4.78 is 10.3. The van der Waals surface area contributed by atoms with Crippen LogP contribution in [0.1, 0.15) is 11.1 Å². The fourth-order valence-electron chi connectivity index (χ4n) is 2.96. The van der Waals surface area contributed by atoms with E-state index >= 15 is 0 Å². The standard InChI is InChI=1S/C19H22N2O4/c1-24-17-7-3-15(4-8-17)11-19(13-20-22,14-21-23)12-16-5-9-18(25-2)10-6-16/h3-10H,11-14H2,1-2H3. The van der Waals surface area contributed by atoms with Gasteiger partial charge in [0.15, 0.2) is 0 Å². The highest BCUT2D eigenvalue weighted by Crippen LogP contribution is 2.31. The molecule has 0 atom stereocenters. The minimum atomic E-state index is -0.646. The topological polar surface area (TPSA) is 77.3 Å². The van der Waals surface area contributed by atoms with Gasteiger partial charge in [-0.15, -0.1) is 0 Å². The highest BCUT2D eigenvalue weighted by molar-refractivity contribution is 5.30. The van der Waals surface area contributed by atoms with Crippen LogP contribution in [-0.4, -0.2) is 27.3 Å². The first-order chi connectivity index (χ1) is 12.1. The van der Waals surface area contributed by atoms with Crippen molar-refractivity contribution in [3.05, 3.63) is 69.5 Å². The van der Waals surface area contributed by atoms with Gasteiger partial charge in [-0.3, -0.25) is 0 Å². The van der Waals surface area contributed by atoms with E-state index in [-0.39, 0.29) is 13.1 Å². The van der Waals surface area contributed by atoms with Crippen LogP contribution in [0.25, 0.3) is 0 Å². The van der Waals surface area contributed by atoms with E-state index in [1.165, 1.54) is 0 Å². The zero-order chi connectivity index (χ0) is 18.1. The fourth-order valence-corrected chi connectivity index (χ4v) is 2.96. The van der Waals surface area contributed by atoms with Gasteiger partial charge in [0.1, 0.15) is 11.5 Å². The van der Waals surface area contributed by atoms with E-state index in [4.69, 9.17) is 9.47 Å². The summed E-state index contributed by atoms with van der Waals surface area (Å²) in [6.07, 6.45) is 1.06. The van der Waals surface area contributed by atoms with Crippen molar-refractivity contribution >= 4 is 0 Å². The number of benzene rings is 2. The van der Waals surface area contributed by atoms with Gasteiger partial charge in [-0.05, 0) is 48.2 Å². The van der Waals surface area contributed by atoms with E-state index in [9.17, 15) is 9.81 Å². The molecule has 2 aromatic carbocycles. The molecule has 6 heteroatoms. The number of nitroso groups, excluding NO2 is 2. The predicted molar refractivity (Wildman–Crippen MR) is 97.2 cm³/mol. The zero-order valence-electron chi connectivity index (χ0n) is 14.5. The lowest BCUT2D eigenvalue weighted by Crippen LogP contribution is -2.33. The summed E-state index contributed by atoms with van der Waals surface area (Å²) in [4.78, 5) is 22.1. The molecule has 6 nitrogen and oxygen atoms in total. The molecule has 25 heavy (non-hydrogen) atoms. The van der Waals surface area contributed by atoms with E-state index in [1.54, 1.807) is 14.2 Å². The molecule has 0 bridgehead atoms. The molecule has 2 rings (SSSR count). The van der Waals surface area contributed by atoms with Crippen molar-refractivity contribution in [1.82, 2.24) is 0 Å². The van der Waals surface area contributed by atoms with E-state index in [0.29, 0.717) is 12.8 Å². The number of ether oxygens (including phenoxy) is 2. The first-order valence-electron chi connectivity index (χ1n) is 7.99. The Balaban J connectivity index is 2.26. The maximum absolute atomic E-state index is 11.0. The van der Waals surface area contributed by atoms with Gasteiger partial charge in [0, 0.05) is 5.41 Å². The molecule has 0 aliphatic heterocycles.